The molecular formula is C16H16F3N3O3S. The number of fused-ring (bicyclic) bond motifs is 1. The monoisotopic (exact) mass is 387 g/mol. The topological polar surface area (TPSA) is 93.4 Å². The predicted molar refractivity (Wildman–Crippen MR) is 89.7 cm³/mol. The SMILES string of the molecule is Cc1c(S(=O)(=O)C(F)(F)F)nc2cccc(N3CCCC3)c2c1C(N)=O. The quantitative estimate of drug-likeness (QED) is 0.874. The number of aromatic nitrogens is 1. The molecule has 140 valence electrons. The minimum atomic E-state index is -5.72. The molecule has 1 aliphatic heterocycles. The maximum Gasteiger partial charge on any atom is 0.503 e. The van der Waals surface area contributed by atoms with Crippen molar-refractivity contribution in [3.63, 3.8) is 0 Å². The number of hydrogen-bond donors (Lipinski definition) is 1. The van der Waals surface area contributed by atoms with E-state index in [0.717, 1.165) is 32.9 Å². The lowest BCUT2D eigenvalue weighted by Gasteiger charge is -2.22. The first-order valence-corrected chi connectivity index (χ1v) is 9.33. The van der Waals surface area contributed by atoms with Gasteiger partial charge in [0, 0.05) is 29.7 Å². The summed E-state index contributed by atoms with van der Waals surface area (Å²) in [5.41, 5.74) is -0.169. The molecule has 0 unspecified atom stereocenters. The van der Waals surface area contributed by atoms with Gasteiger partial charge in [0.25, 0.3) is 9.84 Å². The number of carbonyl (C=O) groups is 1. The van der Waals surface area contributed by atoms with Crippen molar-refractivity contribution in [1.29, 1.82) is 0 Å². The number of anilines is 1. The highest BCUT2D eigenvalue weighted by molar-refractivity contribution is 7.92. The molecule has 1 aromatic heterocycles. The van der Waals surface area contributed by atoms with Crippen LogP contribution in [0.3, 0.4) is 0 Å². The van der Waals surface area contributed by atoms with Crippen molar-refractivity contribution in [2.45, 2.75) is 30.3 Å². The van der Waals surface area contributed by atoms with Crippen molar-refractivity contribution in [1.82, 2.24) is 4.98 Å². The number of carbonyl (C=O) groups excluding carboxylic acids is 1. The Morgan fingerprint density at radius 2 is 1.85 bits per heavy atom. The van der Waals surface area contributed by atoms with Gasteiger partial charge in [-0.1, -0.05) is 6.07 Å². The van der Waals surface area contributed by atoms with E-state index in [1.165, 1.54) is 6.07 Å². The second kappa shape index (κ2) is 6.11. The molecule has 2 aromatic rings. The summed E-state index contributed by atoms with van der Waals surface area (Å²) in [7, 11) is -5.72. The third kappa shape index (κ3) is 2.77. The van der Waals surface area contributed by atoms with E-state index in [9.17, 15) is 26.4 Å². The summed E-state index contributed by atoms with van der Waals surface area (Å²) < 4.78 is 62.8. The average molecular weight is 387 g/mol. The van der Waals surface area contributed by atoms with E-state index in [-0.39, 0.29) is 16.5 Å². The third-order valence-electron chi connectivity index (χ3n) is 4.44. The number of nitrogens with two attached hydrogens (primary N) is 1. The molecule has 1 saturated heterocycles. The Hall–Kier alpha value is -2.36. The first-order valence-electron chi connectivity index (χ1n) is 7.85. The number of alkyl halides is 3. The van der Waals surface area contributed by atoms with Crippen LogP contribution in [0.5, 0.6) is 0 Å². The van der Waals surface area contributed by atoms with Gasteiger partial charge in [0.15, 0.2) is 5.03 Å². The Balaban J connectivity index is 2.41. The molecule has 0 radical (unpaired) electrons. The highest BCUT2D eigenvalue weighted by Crippen LogP contribution is 2.37. The van der Waals surface area contributed by atoms with Crippen molar-refractivity contribution in [2.75, 3.05) is 18.0 Å². The summed E-state index contributed by atoms with van der Waals surface area (Å²) in [4.78, 5) is 17.8. The number of pyridine rings is 1. The Bertz CT molecular complexity index is 997. The van der Waals surface area contributed by atoms with E-state index < -0.39 is 31.8 Å². The van der Waals surface area contributed by atoms with Crippen LogP contribution in [-0.4, -0.2) is 37.9 Å². The summed E-state index contributed by atoms with van der Waals surface area (Å²) in [6.07, 6.45) is 1.88. The van der Waals surface area contributed by atoms with Crippen molar-refractivity contribution >= 4 is 32.3 Å². The molecule has 0 spiro atoms. The molecule has 0 bridgehead atoms. The number of hydrogen-bond acceptors (Lipinski definition) is 5. The first-order chi connectivity index (χ1) is 12.1. The second-order valence-electron chi connectivity index (χ2n) is 6.10. The highest BCUT2D eigenvalue weighted by atomic mass is 32.2. The van der Waals surface area contributed by atoms with Crippen molar-refractivity contribution < 1.29 is 26.4 Å². The van der Waals surface area contributed by atoms with Crippen LogP contribution in [0.1, 0.15) is 28.8 Å². The largest absolute Gasteiger partial charge is 0.503 e. The van der Waals surface area contributed by atoms with E-state index in [2.05, 4.69) is 4.98 Å². The van der Waals surface area contributed by atoms with Gasteiger partial charge in [0.2, 0.25) is 5.91 Å². The zero-order valence-electron chi connectivity index (χ0n) is 13.8. The minimum absolute atomic E-state index is 0.0170. The zero-order chi connectivity index (χ0) is 19.3. The molecule has 10 heteroatoms. The Labute approximate surface area is 147 Å². The lowest BCUT2D eigenvalue weighted by molar-refractivity contribution is -0.0438. The number of nitrogens with zero attached hydrogens (tertiary/aromatic N) is 2. The maximum atomic E-state index is 13.0. The number of rotatable bonds is 3. The molecule has 2 N–H and O–H groups in total. The summed E-state index contributed by atoms with van der Waals surface area (Å²) in [5.74, 6) is -1.000. The van der Waals surface area contributed by atoms with Crippen LogP contribution in [0.2, 0.25) is 0 Å². The van der Waals surface area contributed by atoms with Crippen LogP contribution in [0.25, 0.3) is 10.9 Å². The van der Waals surface area contributed by atoms with Crippen LogP contribution >= 0.6 is 0 Å². The summed E-state index contributed by atoms with van der Waals surface area (Å²) >= 11 is 0. The standard InChI is InChI=1S/C16H16F3N3O3S/c1-9-12(14(20)23)13-10(21-15(9)26(24,25)16(17,18)19)5-4-6-11(13)22-7-2-3-8-22/h4-6H,2-3,7-8H2,1H3,(H2,20,23). The number of amides is 1. The third-order valence-corrected chi connectivity index (χ3v) is 5.96. The van der Waals surface area contributed by atoms with E-state index in [1.807, 2.05) is 4.90 Å². The molecule has 0 atom stereocenters. The summed E-state index contributed by atoms with van der Waals surface area (Å²) in [5, 5.41) is -0.912. The molecule has 1 fully saturated rings. The molecule has 1 amide bonds. The van der Waals surface area contributed by atoms with Crippen LogP contribution in [0.15, 0.2) is 23.2 Å². The molecular weight excluding hydrogens is 371 g/mol. The normalized spacial score (nSPS) is 15.6. The average Bonchev–Trinajstić information content (AvgIpc) is 3.06. The van der Waals surface area contributed by atoms with Gasteiger partial charge in [-0.15, -0.1) is 0 Å². The number of benzene rings is 1. The van der Waals surface area contributed by atoms with Gasteiger partial charge < -0.3 is 10.6 Å². The Morgan fingerprint density at radius 1 is 1.23 bits per heavy atom. The van der Waals surface area contributed by atoms with Gasteiger partial charge in [-0.05, 0) is 31.9 Å². The molecule has 0 saturated carbocycles. The molecule has 6 nitrogen and oxygen atoms in total. The van der Waals surface area contributed by atoms with E-state index >= 15 is 0 Å². The van der Waals surface area contributed by atoms with E-state index in [1.54, 1.807) is 12.1 Å². The van der Waals surface area contributed by atoms with Crippen molar-refractivity contribution in [2.24, 2.45) is 5.73 Å². The smallest absolute Gasteiger partial charge is 0.371 e. The van der Waals surface area contributed by atoms with Crippen LogP contribution < -0.4 is 10.6 Å². The molecule has 3 rings (SSSR count). The lowest BCUT2D eigenvalue weighted by atomic mass is 10.0. The number of halogens is 3. The summed E-state index contributed by atoms with van der Waals surface area (Å²) in [6.45, 7) is 2.56. The van der Waals surface area contributed by atoms with E-state index in [4.69, 9.17) is 5.73 Å². The number of sulfone groups is 1. The number of primary amides is 1. The molecule has 0 aliphatic carbocycles. The van der Waals surface area contributed by atoms with Gasteiger partial charge in [0.1, 0.15) is 0 Å². The predicted octanol–water partition coefficient (Wildman–Crippen LogP) is 2.54. The minimum Gasteiger partial charge on any atom is -0.371 e. The van der Waals surface area contributed by atoms with Crippen LogP contribution in [-0.2, 0) is 9.84 Å². The van der Waals surface area contributed by atoms with Gasteiger partial charge in [0.05, 0.1) is 11.1 Å². The fourth-order valence-corrected chi connectivity index (χ4v) is 4.21. The lowest BCUT2D eigenvalue weighted by Crippen LogP contribution is -2.27. The second-order valence-corrected chi connectivity index (χ2v) is 7.95. The Kier molecular flexibility index (Phi) is 4.33. The van der Waals surface area contributed by atoms with Gasteiger partial charge in [-0.2, -0.15) is 13.2 Å². The van der Waals surface area contributed by atoms with Gasteiger partial charge in [-0.3, -0.25) is 4.79 Å². The fraction of sp³-hybridized carbons (Fsp3) is 0.375. The molecule has 1 aromatic carbocycles. The highest BCUT2D eigenvalue weighted by Gasteiger charge is 2.49. The van der Waals surface area contributed by atoms with Crippen LogP contribution in [0.4, 0.5) is 18.9 Å². The van der Waals surface area contributed by atoms with Gasteiger partial charge in [-0.25, -0.2) is 13.4 Å². The maximum absolute atomic E-state index is 13.0. The Morgan fingerprint density at radius 3 is 2.38 bits per heavy atom. The van der Waals surface area contributed by atoms with Crippen molar-refractivity contribution in [3.05, 3.63) is 29.3 Å². The fourth-order valence-electron chi connectivity index (χ4n) is 3.27. The molecule has 1 aliphatic rings. The van der Waals surface area contributed by atoms with Crippen molar-refractivity contribution in [3.8, 4) is 0 Å². The van der Waals surface area contributed by atoms with Crippen LogP contribution in [0, 0.1) is 6.92 Å². The zero-order valence-corrected chi connectivity index (χ0v) is 14.6. The van der Waals surface area contributed by atoms with E-state index in [0.29, 0.717) is 5.69 Å². The molecule has 2 heterocycles. The summed E-state index contributed by atoms with van der Waals surface area (Å²) in [6, 6.07) is 4.66. The molecule has 26 heavy (non-hydrogen) atoms. The van der Waals surface area contributed by atoms with Gasteiger partial charge >= 0.3 is 5.51 Å². The first kappa shape index (κ1) is 18.4.